The minimum absolute atomic E-state index is 0.129. The molecule has 2 aromatic rings. The van der Waals surface area contributed by atoms with Crippen LogP contribution in [0.15, 0.2) is 52.2 Å². The van der Waals surface area contributed by atoms with Crippen molar-refractivity contribution in [1.29, 1.82) is 0 Å². The molecular weight excluding hydrogens is 500 g/mol. The summed E-state index contributed by atoms with van der Waals surface area (Å²) in [6, 6.07) is 7.73. The van der Waals surface area contributed by atoms with Crippen LogP contribution in [-0.4, -0.2) is 51.8 Å². The number of ether oxygens (including phenoxy) is 2. The molecule has 0 saturated carbocycles. The zero-order valence-corrected chi connectivity index (χ0v) is 20.9. The van der Waals surface area contributed by atoms with Crippen LogP contribution >= 0.6 is 7.75 Å². The zero-order chi connectivity index (χ0) is 26.7. The number of esters is 1. The normalized spacial score (nSPS) is 24.3. The van der Waals surface area contributed by atoms with E-state index in [0.717, 1.165) is 23.8 Å². The molecule has 0 radical (unpaired) electrons. The summed E-state index contributed by atoms with van der Waals surface area (Å²) in [5, 5.41) is 2.45. The van der Waals surface area contributed by atoms with Crippen molar-refractivity contribution in [2.75, 3.05) is 6.61 Å². The van der Waals surface area contributed by atoms with Crippen LogP contribution in [0, 0.1) is 0 Å². The molecule has 1 unspecified atom stereocenters. The van der Waals surface area contributed by atoms with Gasteiger partial charge in [-0.2, -0.15) is 5.09 Å². The number of aromatic nitrogens is 2. The number of para-hydroxylation sites is 1. The fraction of sp³-hybridized carbons (Fsp3) is 0.455. The van der Waals surface area contributed by atoms with Crippen molar-refractivity contribution in [2.45, 2.75) is 57.8 Å². The molecule has 2 heterocycles. The molecule has 36 heavy (non-hydrogen) atoms. The fourth-order valence-electron chi connectivity index (χ4n) is 3.34. The van der Waals surface area contributed by atoms with Gasteiger partial charge in [0.25, 0.3) is 5.56 Å². The lowest BCUT2D eigenvalue weighted by atomic mass is 10.0. The average molecular weight is 527 g/mol. The second kappa shape index (κ2) is 10.9. The summed E-state index contributed by atoms with van der Waals surface area (Å²) in [5.41, 5.74) is -4.37. The molecule has 196 valence electrons. The third-order valence-electron chi connectivity index (χ3n) is 5.06. The molecular formula is C22H27FN3O9P. The molecule has 1 aromatic heterocycles. The van der Waals surface area contributed by atoms with Crippen molar-refractivity contribution in [3.8, 4) is 5.75 Å². The number of ketones is 1. The maximum absolute atomic E-state index is 15.3. The summed E-state index contributed by atoms with van der Waals surface area (Å²) >= 11 is 0. The topological polar surface area (TPSA) is 155 Å². The van der Waals surface area contributed by atoms with Gasteiger partial charge in [-0.15, -0.1) is 0 Å². The number of hydrogen-bond acceptors (Lipinski definition) is 9. The van der Waals surface area contributed by atoms with Gasteiger partial charge in [-0.05, 0) is 39.8 Å². The van der Waals surface area contributed by atoms with Gasteiger partial charge in [0, 0.05) is 12.3 Å². The molecule has 1 aromatic carbocycles. The Hall–Kier alpha value is -3.12. The van der Waals surface area contributed by atoms with Gasteiger partial charge in [-0.3, -0.25) is 28.5 Å². The first-order valence-electron chi connectivity index (χ1n) is 11.0. The lowest BCUT2D eigenvalue weighted by molar-refractivity contribution is -0.149. The second-order valence-electron chi connectivity index (χ2n) is 8.47. The first kappa shape index (κ1) is 27.5. The summed E-state index contributed by atoms with van der Waals surface area (Å²) in [5.74, 6) is -1.68. The summed E-state index contributed by atoms with van der Waals surface area (Å²) in [7, 11) is -4.34. The molecule has 12 nitrogen and oxygen atoms in total. The Morgan fingerprint density at radius 3 is 2.50 bits per heavy atom. The highest BCUT2D eigenvalue weighted by molar-refractivity contribution is 7.52. The molecule has 0 amide bonds. The lowest BCUT2D eigenvalue weighted by Gasteiger charge is -2.24. The Bertz CT molecular complexity index is 1260. The van der Waals surface area contributed by atoms with Gasteiger partial charge in [-0.25, -0.2) is 13.8 Å². The molecule has 1 aliphatic rings. The van der Waals surface area contributed by atoms with Crippen LogP contribution in [0.3, 0.4) is 0 Å². The monoisotopic (exact) mass is 527 g/mol. The zero-order valence-electron chi connectivity index (χ0n) is 20.0. The number of carbonyl (C=O) groups is 2. The van der Waals surface area contributed by atoms with E-state index in [-0.39, 0.29) is 5.75 Å². The maximum atomic E-state index is 15.3. The Balaban J connectivity index is 1.80. The van der Waals surface area contributed by atoms with Gasteiger partial charge in [0.05, 0.1) is 12.7 Å². The predicted molar refractivity (Wildman–Crippen MR) is 124 cm³/mol. The van der Waals surface area contributed by atoms with E-state index in [1.165, 1.54) is 19.1 Å². The molecule has 3 rings (SSSR count). The van der Waals surface area contributed by atoms with E-state index in [4.69, 9.17) is 18.5 Å². The Labute approximate surface area is 205 Å². The number of halogens is 1. The van der Waals surface area contributed by atoms with E-state index in [2.05, 4.69) is 5.09 Å². The molecule has 1 aliphatic heterocycles. The number of Topliss-reactive ketones (excluding diaryl/α,β-unsaturated/α-hetero) is 1. The van der Waals surface area contributed by atoms with Crippen LogP contribution in [0.4, 0.5) is 4.39 Å². The third-order valence-corrected chi connectivity index (χ3v) is 6.70. The van der Waals surface area contributed by atoms with Crippen LogP contribution < -0.4 is 20.9 Å². The molecule has 5 atom stereocenters. The van der Waals surface area contributed by atoms with Crippen LogP contribution in [-0.2, 0) is 28.2 Å². The average Bonchev–Trinajstić information content (AvgIpc) is 3.01. The van der Waals surface area contributed by atoms with Crippen LogP contribution in [0.1, 0.15) is 33.9 Å². The summed E-state index contributed by atoms with van der Waals surface area (Å²) < 4.78 is 51.0. The second-order valence-corrected chi connectivity index (χ2v) is 10.2. The number of aromatic amines is 1. The highest BCUT2D eigenvalue weighted by Gasteiger charge is 2.56. The highest BCUT2D eigenvalue weighted by Crippen LogP contribution is 2.46. The van der Waals surface area contributed by atoms with Crippen molar-refractivity contribution in [2.24, 2.45) is 0 Å². The molecule has 0 spiro atoms. The number of hydrogen-bond donors (Lipinski definition) is 2. The molecule has 2 N–H and O–H groups in total. The quantitative estimate of drug-likeness (QED) is 0.346. The smallest absolute Gasteiger partial charge is 0.459 e. The van der Waals surface area contributed by atoms with Crippen molar-refractivity contribution >= 4 is 19.5 Å². The number of carbonyl (C=O) groups excluding carboxylic acids is 2. The molecule has 14 heteroatoms. The van der Waals surface area contributed by atoms with Gasteiger partial charge >= 0.3 is 19.4 Å². The van der Waals surface area contributed by atoms with Crippen molar-refractivity contribution in [1.82, 2.24) is 14.6 Å². The van der Waals surface area contributed by atoms with E-state index in [1.807, 2.05) is 4.98 Å². The van der Waals surface area contributed by atoms with Crippen LogP contribution in [0.5, 0.6) is 5.75 Å². The van der Waals surface area contributed by atoms with Crippen LogP contribution in [0.25, 0.3) is 0 Å². The summed E-state index contributed by atoms with van der Waals surface area (Å²) in [4.78, 5) is 50.4. The highest BCUT2D eigenvalue weighted by atomic mass is 31.2. The number of benzene rings is 1. The SMILES string of the molecule is CC(C)OC(=O)[C@H](C)NP(=O)(OC[C@H]1O[C@@H](n2ccc(=O)[nH]c2=O)[C@](C)(F)C1=O)Oc1ccccc1. The Morgan fingerprint density at radius 2 is 1.89 bits per heavy atom. The first-order chi connectivity index (χ1) is 16.8. The van der Waals surface area contributed by atoms with Crippen LogP contribution in [0.2, 0.25) is 0 Å². The Kier molecular flexibility index (Phi) is 8.29. The van der Waals surface area contributed by atoms with E-state index < -0.39 is 67.5 Å². The largest absolute Gasteiger partial charge is 0.462 e. The third kappa shape index (κ3) is 6.35. The molecule has 1 fully saturated rings. The number of alkyl halides is 1. The van der Waals surface area contributed by atoms with Crippen molar-refractivity contribution < 1.29 is 37.1 Å². The van der Waals surface area contributed by atoms with Gasteiger partial charge in [0.2, 0.25) is 11.5 Å². The van der Waals surface area contributed by atoms with Gasteiger partial charge in [0.15, 0.2) is 6.23 Å². The van der Waals surface area contributed by atoms with Gasteiger partial charge < -0.3 is 14.0 Å². The fourth-order valence-corrected chi connectivity index (χ4v) is 4.83. The molecule has 0 bridgehead atoms. The number of nitrogens with one attached hydrogen (secondary N) is 2. The van der Waals surface area contributed by atoms with E-state index in [0.29, 0.717) is 0 Å². The van der Waals surface area contributed by atoms with E-state index in [9.17, 15) is 23.7 Å². The maximum Gasteiger partial charge on any atom is 0.459 e. The molecule has 1 saturated heterocycles. The summed E-state index contributed by atoms with van der Waals surface area (Å²) in [6.45, 7) is 4.84. The first-order valence-corrected chi connectivity index (χ1v) is 12.5. The number of H-pyrrole nitrogens is 1. The van der Waals surface area contributed by atoms with Gasteiger partial charge in [-0.1, -0.05) is 18.2 Å². The number of nitrogens with zero attached hydrogens (tertiary/aromatic N) is 1. The number of rotatable bonds is 10. The van der Waals surface area contributed by atoms with Crippen molar-refractivity contribution in [3.05, 3.63) is 63.4 Å². The minimum atomic E-state index is -4.34. The molecule has 0 aliphatic carbocycles. The van der Waals surface area contributed by atoms with E-state index >= 15 is 4.39 Å². The summed E-state index contributed by atoms with van der Waals surface area (Å²) in [6.07, 6.45) is -2.74. The van der Waals surface area contributed by atoms with Crippen molar-refractivity contribution in [3.63, 3.8) is 0 Å². The standard InChI is InChI=1S/C22H27FN3O9P/c1-13(2)33-19(29)14(3)25-36(31,35-15-8-6-5-7-9-15)32-12-16-18(28)22(4,23)20(34-16)26-11-10-17(27)24-21(26)30/h5-11,13-14,16,20H,12H2,1-4H3,(H,25,31)(H,24,27,30)/t14-,16+,20+,22+,36?/m0/s1. The minimum Gasteiger partial charge on any atom is -0.462 e. The lowest BCUT2D eigenvalue weighted by Crippen LogP contribution is -2.41. The van der Waals surface area contributed by atoms with E-state index in [1.54, 1.807) is 32.0 Å². The van der Waals surface area contributed by atoms with Gasteiger partial charge in [0.1, 0.15) is 17.9 Å². The predicted octanol–water partition coefficient (Wildman–Crippen LogP) is 1.86. The Morgan fingerprint density at radius 1 is 1.22 bits per heavy atom.